The van der Waals surface area contributed by atoms with Gasteiger partial charge in [0, 0.05) is 0 Å². The molecule has 1 heterocycles. The molecule has 5 heteroatoms. The van der Waals surface area contributed by atoms with E-state index >= 15 is 0 Å². The van der Waals surface area contributed by atoms with Gasteiger partial charge in [-0.2, -0.15) is 10.4 Å². The van der Waals surface area contributed by atoms with Gasteiger partial charge in [0.1, 0.15) is 13.0 Å². The van der Waals surface area contributed by atoms with Crippen LogP contribution in [0.2, 0.25) is 0 Å². The van der Waals surface area contributed by atoms with Crippen molar-refractivity contribution < 1.29 is 5.11 Å². The highest BCUT2D eigenvalue weighted by Gasteiger charge is 2.25. The monoisotopic (exact) mass is 286 g/mol. The highest BCUT2D eigenvalue weighted by atomic mass is 16.3. The van der Waals surface area contributed by atoms with E-state index in [-0.39, 0.29) is 0 Å². The molecule has 0 saturated carbocycles. The number of rotatable bonds is 4. The minimum absolute atomic E-state index is 0.595. The van der Waals surface area contributed by atoms with Crippen molar-refractivity contribution in [1.82, 2.24) is 10.3 Å². The molecule has 112 valence electrons. The highest BCUT2D eigenvalue weighted by molar-refractivity contribution is 5.55. The standard InChI is InChI=1S/C16H22N4O/c1-15(2,9-17)13-5-12(8-20-11-18-10-19-20)6-14(7-13)16(3,4)21/h5-7,10,21H,8,11H2,1-4H3,(H,18,19). The van der Waals surface area contributed by atoms with Gasteiger partial charge in [0.2, 0.25) is 0 Å². The number of nitriles is 1. The van der Waals surface area contributed by atoms with Crippen molar-refractivity contribution in [2.24, 2.45) is 5.10 Å². The molecule has 1 aliphatic rings. The fourth-order valence-corrected chi connectivity index (χ4v) is 2.18. The summed E-state index contributed by atoms with van der Waals surface area (Å²) in [5, 5.41) is 28.8. The first-order chi connectivity index (χ1) is 9.72. The summed E-state index contributed by atoms with van der Waals surface area (Å²) in [6.07, 6.45) is 1.67. The zero-order valence-electron chi connectivity index (χ0n) is 13.0. The lowest BCUT2D eigenvalue weighted by Gasteiger charge is -2.25. The van der Waals surface area contributed by atoms with E-state index in [1.165, 1.54) is 0 Å². The summed E-state index contributed by atoms with van der Waals surface area (Å²) in [4.78, 5) is 0. The summed E-state index contributed by atoms with van der Waals surface area (Å²) in [7, 11) is 0. The van der Waals surface area contributed by atoms with Crippen molar-refractivity contribution in [2.75, 3.05) is 6.67 Å². The molecule has 1 aromatic carbocycles. The molecule has 5 nitrogen and oxygen atoms in total. The second-order valence-corrected chi connectivity index (χ2v) is 6.49. The maximum Gasteiger partial charge on any atom is 0.110 e. The predicted octanol–water partition coefficient (Wildman–Crippen LogP) is 2.02. The first kappa shape index (κ1) is 15.3. The van der Waals surface area contributed by atoms with Crippen LogP contribution < -0.4 is 5.32 Å². The molecule has 1 aliphatic heterocycles. The second-order valence-electron chi connectivity index (χ2n) is 6.49. The third kappa shape index (κ3) is 3.53. The van der Waals surface area contributed by atoms with Crippen LogP contribution in [0, 0.1) is 11.3 Å². The highest BCUT2D eigenvalue weighted by Crippen LogP contribution is 2.29. The number of hydrogen-bond donors (Lipinski definition) is 2. The Morgan fingerprint density at radius 2 is 1.95 bits per heavy atom. The second kappa shape index (κ2) is 5.38. The molecule has 0 amide bonds. The summed E-state index contributed by atoms with van der Waals surface area (Å²) >= 11 is 0. The number of benzene rings is 1. The van der Waals surface area contributed by atoms with Crippen molar-refractivity contribution in [3.8, 4) is 6.07 Å². The molecule has 2 rings (SSSR count). The summed E-state index contributed by atoms with van der Waals surface area (Å²) in [6.45, 7) is 8.59. The van der Waals surface area contributed by atoms with Gasteiger partial charge in [-0.05, 0) is 44.4 Å². The van der Waals surface area contributed by atoms with Crippen LogP contribution in [0.1, 0.15) is 44.4 Å². The Labute approximate surface area is 125 Å². The van der Waals surface area contributed by atoms with E-state index < -0.39 is 11.0 Å². The van der Waals surface area contributed by atoms with Crippen LogP contribution >= 0.6 is 0 Å². The van der Waals surface area contributed by atoms with Crippen LogP contribution in [0.4, 0.5) is 0 Å². The van der Waals surface area contributed by atoms with Crippen molar-refractivity contribution >= 4 is 6.34 Å². The minimum atomic E-state index is -0.942. The van der Waals surface area contributed by atoms with E-state index in [1.807, 2.05) is 37.1 Å². The number of hydrogen-bond acceptors (Lipinski definition) is 5. The Balaban J connectivity index is 2.42. The zero-order chi connectivity index (χ0) is 15.7. The number of nitrogens with one attached hydrogen (secondary N) is 1. The van der Waals surface area contributed by atoms with Crippen LogP contribution in [0.3, 0.4) is 0 Å². The van der Waals surface area contributed by atoms with Gasteiger partial charge in [0.15, 0.2) is 0 Å². The normalized spacial score (nSPS) is 15.0. The molecule has 21 heavy (non-hydrogen) atoms. The third-order valence-electron chi connectivity index (χ3n) is 3.65. The minimum Gasteiger partial charge on any atom is -0.386 e. The van der Waals surface area contributed by atoms with Crippen LogP contribution in [-0.4, -0.2) is 23.1 Å². The van der Waals surface area contributed by atoms with Crippen molar-refractivity contribution in [2.45, 2.75) is 45.3 Å². The fourth-order valence-electron chi connectivity index (χ4n) is 2.18. The Bertz CT molecular complexity index is 593. The quantitative estimate of drug-likeness (QED) is 0.888. The van der Waals surface area contributed by atoms with E-state index in [0.29, 0.717) is 13.2 Å². The van der Waals surface area contributed by atoms with Gasteiger partial charge < -0.3 is 10.4 Å². The van der Waals surface area contributed by atoms with Crippen LogP contribution in [0.25, 0.3) is 0 Å². The molecule has 0 atom stereocenters. The van der Waals surface area contributed by atoms with Crippen LogP contribution in [0.5, 0.6) is 0 Å². The predicted molar refractivity (Wildman–Crippen MR) is 82.4 cm³/mol. The van der Waals surface area contributed by atoms with Gasteiger partial charge in [-0.1, -0.05) is 18.2 Å². The molecule has 0 bridgehead atoms. The summed E-state index contributed by atoms with van der Waals surface area (Å²) in [6, 6.07) is 8.23. The van der Waals surface area contributed by atoms with E-state index in [2.05, 4.69) is 16.5 Å². The molecule has 0 unspecified atom stereocenters. The summed E-state index contributed by atoms with van der Waals surface area (Å²) < 4.78 is 0. The van der Waals surface area contributed by atoms with E-state index in [9.17, 15) is 10.4 Å². The van der Waals surface area contributed by atoms with Gasteiger partial charge in [0.05, 0.1) is 23.6 Å². The fraction of sp³-hybridized carbons (Fsp3) is 0.500. The van der Waals surface area contributed by atoms with Crippen LogP contribution in [-0.2, 0) is 17.6 Å². The van der Waals surface area contributed by atoms with Gasteiger partial charge in [-0.3, -0.25) is 5.01 Å². The van der Waals surface area contributed by atoms with E-state index in [4.69, 9.17) is 0 Å². The van der Waals surface area contributed by atoms with Gasteiger partial charge in [0.25, 0.3) is 0 Å². The summed E-state index contributed by atoms with van der Waals surface area (Å²) in [5.74, 6) is 0. The maximum atomic E-state index is 10.3. The smallest absolute Gasteiger partial charge is 0.110 e. The molecule has 0 spiro atoms. The molecule has 0 aliphatic carbocycles. The lowest BCUT2D eigenvalue weighted by Crippen LogP contribution is -2.23. The van der Waals surface area contributed by atoms with Crippen molar-refractivity contribution in [3.63, 3.8) is 0 Å². The molecular formula is C16H22N4O. The maximum absolute atomic E-state index is 10.3. The lowest BCUT2D eigenvalue weighted by molar-refractivity contribution is 0.0783. The number of aliphatic hydroxyl groups is 1. The SMILES string of the molecule is CC(C)(O)c1cc(CN2CNC=N2)cc(C(C)(C)C#N)c1. The Morgan fingerprint density at radius 1 is 1.29 bits per heavy atom. The van der Waals surface area contributed by atoms with E-state index in [0.717, 1.165) is 16.7 Å². The van der Waals surface area contributed by atoms with Gasteiger partial charge in [-0.15, -0.1) is 0 Å². The molecule has 2 N–H and O–H groups in total. The number of nitrogens with zero attached hydrogens (tertiary/aromatic N) is 3. The Hall–Kier alpha value is -2.06. The topological polar surface area (TPSA) is 71.7 Å². The van der Waals surface area contributed by atoms with Crippen LogP contribution in [0.15, 0.2) is 23.3 Å². The van der Waals surface area contributed by atoms with Crippen molar-refractivity contribution in [1.29, 1.82) is 5.26 Å². The Morgan fingerprint density at radius 3 is 2.48 bits per heavy atom. The van der Waals surface area contributed by atoms with Gasteiger partial charge >= 0.3 is 0 Å². The largest absolute Gasteiger partial charge is 0.386 e. The first-order valence-electron chi connectivity index (χ1n) is 7.02. The molecule has 0 radical (unpaired) electrons. The summed E-state index contributed by atoms with van der Waals surface area (Å²) in [5.41, 5.74) is 1.23. The molecular weight excluding hydrogens is 264 g/mol. The van der Waals surface area contributed by atoms with Crippen molar-refractivity contribution in [3.05, 3.63) is 34.9 Å². The van der Waals surface area contributed by atoms with E-state index in [1.54, 1.807) is 20.2 Å². The number of hydrazone groups is 1. The molecule has 1 aromatic rings. The third-order valence-corrected chi connectivity index (χ3v) is 3.65. The molecule has 0 saturated heterocycles. The zero-order valence-corrected chi connectivity index (χ0v) is 13.0. The average molecular weight is 286 g/mol. The molecule has 0 aromatic heterocycles. The average Bonchev–Trinajstić information content (AvgIpc) is 2.90. The van der Waals surface area contributed by atoms with Gasteiger partial charge in [-0.25, -0.2) is 0 Å². The molecule has 0 fully saturated rings. The Kier molecular flexibility index (Phi) is 3.93. The first-order valence-corrected chi connectivity index (χ1v) is 7.02. The lowest BCUT2D eigenvalue weighted by atomic mass is 9.82.